The lowest BCUT2D eigenvalue weighted by atomic mass is 10.1. The highest BCUT2D eigenvalue weighted by Gasteiger charge is 2.18. The van der Waals surface area contributed by atoms with E-state index in [9.17, 15) is 4.79 Å². The summed E-state index contributed by atoms with van der Waals surface area (Å²) in [5.41, 5.74) is 3.67. The average molecular weight is 533 g/mol. The number of hydrogen-bond acceptors (Lipinski definition) is 4. The van der Waals surface area contributed by atoms with Gasteiger partial charge in [-0.25, -0.2) is 0 Å². The molecule has 0 saturated heterocycles. The molecule has 180 valence electrons. The van der Waals surface area contributed by atoms with Gasteiger partial charge in [-0.3, -0.25) is 9.36 Å². The number of benzene rings is 4. The lowest BCUT2D eigenvalue weighted by Crippen LogP contribution is -2.24. The molecule has 1 N–H and O–H groups in total. The summed E-state index contributed by atoms with van der Waals surface area (Å²) in [5.74, 6) is 1.10. The molecule has 0 bridgehead atoms. The number of halogens is 2. The number of carbonyl (C=O) groups excluding carboxylic acids is 1. The van der Waals surface area contributed by atoms with Gasteiger partial charge in [0.25, 0.3) is 5.91 Å². The Morgan fingerprint density at radius 2 is 1.75 bits per heavy atom. The number of carbonyl (C=O) groups is 1. The third kappa shape index (κ3) is 5.41. The van der Waals surface area contributed by atoms with Gasteiger partial charge in [-0.1, -0.05) is 95.1 Å². The van der Waals surface area contributed by atoms with Gasteiger partial charge in [0.1, 0.15) is 0 Å². The van der Waals surface area contributed by atoms with Crippen LogP contribution in [0.25, 0.3) is 16.5 Å². The van der Waals surface area contributed by atoms with E-state index in [-0.39, 0.29) is 12.5 Å². The van der Waals surface area contributed by atoms with E-state index in [1.54, 1.807) is 23.9 Å². The molecule has 5 rings (SSSR count). The normalized spacial score (nSPS) is 11.1. The van der Waals surface area contributed by atoms with Crippen LogP contribution >= 0.6 is 35.0 Å². The molecule has 0 radical (unpaired) electrons. The molecule has 5 aromatic rings. The predicted octanol–water partition coefficient (Wildman–Crippen LogP) is 7.26. The summed E-state index contributed by atoms with van der Waals surface area (Å²) >= 11 is 14.3. The van der Waals surface area contributed by atoms with Crippen molar-refractivity contribution >= 4 is 51.6 Å². The molecule has 1 heterocycles. The number of amides is 1. The maximum Gasteiger partial charge on any atom is 0.251 e. The molecule has 4 aromatic carbocycles. The van der Waals surface area contributed by atoms with Gasteiger partial charge in [-0.15, -0.1) is 10.2 Å². The maximum atomic E-state index is 13.0. The van der Waals surface area contributed by atoms with Gasteiger partial charge < -0.3 is 5.32 Å². The van der Waals surface area contributed by atoms with Gasteiger partial charge in [-0.2, -0.15) is 0 Å². The Balaban J connectivity index is 1.41. The third-order valence-corrected chi connectivity index (χ3v) is 7.26. The highest BCUT2D eigenvalue weighted by molar-refractivity contribution is 7.98. The van der Waals surface area contributed by atoms with Gasteiger partial charge in [0, 0.05) is 16.3 Å². The Kier molecular flexibility index (Phi) is 7.28. The predicted molar refractivity (Wildman–Crippen MR) is 147 cm³/mol. The summed E-state index contributed by atoms with van der Waals surface area (Å²) in [6.45, 7) is 2.25. The lowest BCUT2D eigenvalue weighted by molar-refractivity contribution is 0.0950. The van der Waals surface area contributed by atoms with Crippen LogP contribution < -0.4 is 5.32 Å². The van der Waals surface area contributed by atoms with E-state index >= 15 is 0 Å². The molecule has 0 fully saturated rings. The molecule has 0 aliphatic rings. The molecule has 1 aromatic heterocycles. The Morgan fingerprint density at radius 3 is 2.56 bits per heavy atom. The summed E-state index contributed by atoms with van der Waals surface area (Å²) in [6, 6.07) is 27.2. The maximum absolute atomic E-state index is 13.0. The first-order valence-corrected chi connectivity index (χ1v) is 13.1. The summed E-state index contributed by atoms with van der Waals surface area (Å²) in [5, 5.41) is 15.6. The van der Waals surface area contributed by atoms with E-state index in [4.69, 9.17) is 23.2 Å². The summed E-state index contributed by atoms with van der Waals surface area (Å²) in [4.78, 5) is 13.0. The van der Waals surface area contributed by atoms with Crippen LogP contribution in [0, 0.1) is 6.92 Å². The zero-order valence-corrected chi connectivity index (χ0v) is 21.7. The van der Waals surface area contributed by atoms with Crippen LogP contribution in [0.5, 0.6) is 0 Å². The molecular formula is C28H22Cl2N4OS. The Hall–Kier alpha value is -3.32. The minimum atomic E-state index is -0.188. The van der Waals surface area contributed by atoms with Crippen molar-refractivity contribution in [2.45, 2.75) is 24.4 Å². The Labute approximate surface area is 223 Å². The van der Waals surface area contributed by atoms with Crippen LogP contribution in [0.3, 0.4) is 0 Å². The largest absolute Gasteiger partial charge is 0.345 e. The fourth-order valence-corrected chi connectivity index (χ4v) is 5.35. The first kappa shape index (κ1) is 24.4. The van der Waals surface area contributed by atoms with Crippen LogP contribution in [0.4, 0.5) is 0 Å². The number of nitrogens with one attached hydrogen (secondary N) is 1. The molecule has 1 amide bonds. The van der Waals surface area contributed by atoms with Crippen LogP contribution in [0.1, 0.15) is 27.3 Å². The minimum Gasteiger partial charge on any atom is -0.345 e. The van der Waals surface area contributed by atoms with E-state index in [0.29, 0.717) is 38.0 Å². The molecule has 0 atom stereocenters. The van der Waals surface area contributed by atoms with E-state index in [1.807, 2.05) is 59.2 Å². The number of aromatic nitrogens is 3. The lowest BCUT2D eigenvalue weighted by Gasteiger charge is -2.13. The summed E-state index contributed by atoms with van der Waals surface area (Å²) in [6.07, 6.45) is 0. The van der Waals surface area contributed by atoms with Crippen LogP contribution in [0.2, 0.25) is 10.0 Å². The standard InChI is InChI=1S/C28H22Cl2N4OS/c1-18-5-4-6-19(13-18)17-36-28-33-32-26(34(28)25-12-11-23(29)15-24(25)30)16-31-27(35)22-10-9-20-7-2-3-8-21(20)14-22/h2-15H,16-17H2,1H3,(H,31,35). The van der Waals surface area contributed by atoms with Crippen LogP contribution in [-0.2, 0) is 12.3 Å². The van der Waals surface area contributed by atoms with Crippen molar-refractivity contribution < 1.29 is 4.79 Å². The molecule has 0 unspecified atom stereocenters. The Morgan fingerprint density at radius 1 is 0.917 bits per heavy atom. The van der Waals surface area contributed by atoms with Gasteiger partial charge in [0.15, 0.2) is 11.0 Å². The van der Waals surface area contributed by atoms with Crippen molar-refractivity contribution in [3.8, 4) is 5.69 Å². The fourth-order valence-electron chi connectivity index (χ4n) is 3.95. The first-order chi connectivity index (χ1) is 17.5. The zero-order chi connectivity index (χ0) is 25.1. The second kappa shape index (κ2) is 10.7. The molecule has 0 aliphatic carbocycles. The fraction of sp³-hybridized carbons (Fsp3) is 0.107. The van der Waals surface area contributed by atoms with Crippen molar-refractivity contribution in [1.82, 2.24) is 20.1 Å². The quantitative estimate of drug-likeness (QED) is 0.224. The van der Waals surface area contributed by atoms with Gasteiger partial charge >= 0.3 is 0 Å². The smallest absolute Gasteiger partial charge is 0.251 e. The molecule has 0 spiro atoms. The number of fused-ring (bicyclic) bond motifs is 1. The van der Waals surface area contributed by atoms with Crippen molar-refractivity contribution in [1.29, 1.82) is 0 Å². The van der Waals surface area contributed by atoms with E-state index in [0.717, 1.165) is 10.8 Å². The molecule has 8 heteroatoms. The molecule has 36 heavy (non-hydrogen) atoms. The first-order valence-electron chi connectivity index (χ1n) is 11.3. The van der Waals surface area contributed by atoms with Crippen molar-refractivity contribution in [2.75, 3.05) is 0 Å². The second-order valence-corrected chi connectivity index (χ2v) is 10.1. The van der Waals surface area contributed by atoms with Gasteiger partial charge in [0.05, 0.1) is 17.3 Å². The van der Waals surface area contributed by atoms with Crippen molar-refractivity contribution in [2.24, 2.45) is 0 Å². The summed E-state index contributed by atoms with van der Waals surface area (Å²) in [7, 11) is 0. The zero-order valence-electron chi connectivity index (χ0n) is 19.4. The number of nitrogens with zero attached hydrogens (tertiary/aromatic N) is 3. The number of thioether (sulfide) groups is 1. The van der Waals surface area contributed by atoms with Crippen LogP contribution in [-0.4, -0.2) is 20.7 Å². The summed E-state index contributed by atoms with van der Waals surface area (Å²) < 4.78 is 1.87. The Bertz CT molecular complexity index is 1570. The molecular weight excluding hydrogens is 511 g/mol. The highest BCUT2D eigenvalue weighted by atomic mass is 35.5. The minimum absolute atomic E-state index is 0.183. The van der Waals surface area contributed by atoms with Gasteiger partial charge in [0.2, 0.25) is 0 Å². The number of rotatable bonds is 7. The SMILES string of the molecule is Cc1cccc(CSc2nnc(CNC(=O)c3ccc4ccccc4c3)n2-c2ccc(Cl)cc2Cl)c1. The number of aryl methyl sites for hydroxylation is 1. The monoisotopic (exact) mass is 532 g/mol. The van der Waals surface area contributed by atoms with E-state index in [2.05, 4.69) is 40.6 Å². The third-order valence-electron chi connectivity index (χ3n) is 5.72. The van der Waals surface area contributed by atoms with E-state index in [1.165, 1.54) is 11.1 Å². The topological polar surface area (TPSA) is 59.8 Å². The highest BCUT2D eigenvalue weighted by Crippen LogP contribution is 2.31. The second-order valence-electron chi connectivity index (χ2n) is 8.35. The van der Waals surface area contributed by atoms with Crippen molar-refractivity contribution in [3.63, 3.8) is 0 Å². The van der Waals surface area contributed by atoms with Crippen LogP contribution in [0.15, 0.2) is 90.1 Å². The average Bonchev–Trinajstić information content (AvgIpc) is 3.28. The van der Waals surface area contributed by atoms with Crippen molar-refractivity contribution in [3.05, 3.63) is 117 Å². The molecule has 5 nitrogen and oxygen atoms in total. The molecule has 0 aliphatic heterocycles. The number of hydrogen-bond donors (Lipinski definition) is 1. The van der Waals surface area contributed by atoms with Gasteiger partial charge in [-0.05, 0) is 53.6 Å². The van der Waals surface area contributed by atoms with E-state index < -0.39 is 0 Å². The molecule has 0 saturated carbocycles.